The Morgan fingerprint density at radius 3 is 2.54 bits per heavy atom. The van der Waals surface area contributed by atoms with Crippen molar-refractivity contribution in [2.24, 2.45) is 5.73 Å². The molecule has 2 N–H and O–H groups in total. The predicted molar refractivity (Wildman–Crippen MR) is 58.2 cm³/mol. The zero-order valence-corrected chi connectivity index (χ0v) is 9.61. The van der Waals surface area contributed by atoms with Crippen LogP contribution in [0.5, 0.6) is 0 Å². The number of nitrogens with zero attached hydrogens (tertiary/aromatic N) is 1. The Labute approximate surface area is 84.2 Å². The first-order valence-electron chi connectivity index (χ1n) is 4.62. The van der Waals surface area contributed by atoms with Gasteiger partial charge in [-0.1, -0.05) is 13.8 Å². The molecule has 1 heterocycles. The summed E-state index contributed by atoms with van der Waals surface area (Å²) in [4.78, 5) is 5.65. The van der Waals surface area contributed by atoms with Crippen molar-refractivity contribution in [3.8, 4) is 0 Å². The van der Waals surface area contributed by atoms with Crippen LogP contribution in [0.1, 0.15) is 43.5 Å². The lowest BCUT2D eigenvalue weighted by molar-refractivity contribution is 0.520. The highest BCUT2D eigenvalue weighted by Gasteiger charge is 2.14. The van der Waals surface area contributed by atoms with Gasteiger partial charge in [0.1, 0.15) is 0 Å². The molecular formula is C10H18N2S. The third-order valence-corrected chi connectivity index (χ3v) is 2.99. The Morgan fingerprint density at radius 1 is 1.54 bits per heavy atom. The third kappa shape index (κ3) is 3.44. The lowest BCUT2D eigenvalue weighted by Gasteiger charge is -2.16. The Morgan fingerprint density at radius 2 is 2.15 bits per heavy atom. The van der Waals surface area contributed by atoms with Crippen molar-refractivity contribution in [1.29, 1.82) is 0 Å². The van der Waals surface area contributed by atoms with E-state index in [1.54, 1.807) is 11.3 Å². The maximum Gasteiger partial charge on any atom is 0.0953 e. The molecule has 0 amide bonds. The van der Waals surface area contributed by atoms with Gasteiger partial charge < -0.3 is 5.73 Å². The van der Waals surface area contributed by atoms with Crippen LogP contribution in [0.4, 0.5) is 0 Å². The topological polar surface area (TPSA) is 38.9 Å². The van der Waals surface area contributed by atoms with Gasteiger partial charge in [-0.15, -0.1) is 11.3 Å². The molecule has 0 bridgehead atoms. The molecule has 2 nitrogen and oxygen atoms in total. The van der Waals surface area contributed by atoms with E-state index in [-0.39, 0.29) is 5.54 Å². The fraction of sp³-hybridized carbons (Fsp3) is 0.700. The maximum atomic E-state index is 5.93. The molecule has 3 heteroatoms. The van der Waals surface area contributed by atoms with Gasteiger partial charge in [0.05, 0.1) is 5.01 Å². The van der Waals surface area contributed by atoms with Gasteiger partial charge in [-0.05, 0) is 13.8 Å². The predicted octanol–water partition coefficient (Wildman–Crippen LogP) is 2.55. The van der Waals surface area contributed by atoms with Gasteiger partial charge in [-0.25, -0.2) is 4.98 Å². The largest absolute Gasteiger partial charge is 0.325 e. The lowest BCUT2D eigenvalue weighted by Crippen LogP contribution is -2.33. The number of aromatic nitrogens is 1. The van der Waals surface area contributed by atoms with Crippen LogP contribution in [-0.2, 0) is 6.42 Å². The summed E-state index contributed by atoms with van der Waals surface area (Å²) in [5.74, 6) is 0.527. The molecule has 13 heavy (non-hydrogen) atoms. The van der Waals surface area contributed by atoms with E-state index in [9.17, 15) is 0 Å². The molecule has 0 radical (unpaired) electrons. The van der Waals surface area contributed by atoms with E-state index in [0.717, 1.165) is 6.42 Å². The summed E-state index contributed by atoms with van der Waals surface area (Å²) in [6.45, 7) is 8.41. The van der Waals surface area contributed by atoms with E-state index >= 15 is 0 Å². The highest BCUT2D eigenvalue weighted by molar-refractivity contribution is 7.11. The first-order valence-corrected chi connectivity index (χ1v) is 5.43. The standard InChI is InChI=1S/C10H18N2S/c1-7(2)9-12-6-8(13-9)5-10(3,4)11/h6-7H,5,11H2,1-4H3. The Balaban J connectivity index is 2.70. The van der Waals surface area contributed by atoms with Gasteiger partial charge in [-0.2, -0.15) is 0 Å². The number of thiazole rings is 1. The summed E-state index contributed by atoms with van der Waals surface area (Å²) in [7, 11) is 0. The quantitative estimate of drug-likeness (QED) is 0.810. The summed E-state index contributed by atoms with van der Waals surface area (Å²) in [5.41, 5.74) is 5.81. The number of nitrogens with two attached hydrogens (primary N) is 1. The molecular weight excluding hydrogens is 180 g/mol. The van der Waals surface area contributed by atoms with Gasteiger partial charge in [0.25, 0.3) is 0 Å². The SMILES string of the molecule is CC(C)c1ncc(CC(C)(C)N)s1. The minimum atomic E-state index is -0.124. The van der Waals surface area contributed by atoms with Crippen LogP contribution in [0.3, 0.4) is 0 Å². The monoisotopic (exact) mass is 198 g/mol. The van der Waals surface area contributed by atoms with Gasteiger partial charge in [0.2, 0.25) is 0 Å². The summed E-state index contributed by atoms with van der Waals surface area (Å²) in [5, 5.41) is 1.21. The summed E-state index contributed by atoms with van der Waals surface area (Å²) in [6.07, 6.45) is 2.87. The van der Waals surface area contributed by atoms with Gasteiger partial charge in [0.15, 0.2) is 0 Å². The second-order valence-corrected chi connectivity index (χ2v) is 5.63. The fourth-order valence-corrected chi connectivity index (χ4v) is 2.28. The Bertz CT molecular complexity index is 271. The van der Waals surface area contributed by atoms with E-state index in [2.05, 4.69) is 18.8 Å². The fourth-order valence-electron chi connectivity index (χ4n) is 1.12. The van der Waals surface area contributed by atoms with E-state index in [1.165, 1.54) is 9.88 Å². The van der Waals surface area contributed by atoms with Crippen molar-refractivity contribution in [3.63, 3.8) is 0 Å². The molecule has 0 fully saturated rings. The molecule has 0 atom stereocenters. The van der Waals surface area contributed by atoms with Crippen LogP contribution in [0.2, 0.25) is 0 Å². The van der Waals surface area contributed by atoms with E-state index in [1.807, 2.05) is 20.0 Å². The molecule has 1 rings (SSSR count). The molecule has 0 saturated carbocycles. The molecule has 0 aliphatic rings. The van der Waals surface area contributed by atoms with Gasteiger partial charge >= 0.3 is 0 Å². The van der Waals surface area contributed by atoms with E-state index < -0.39 is 0 Å². The van der Waals surface area contributed by atoms with Gasteiger partial charge in [-0.3, -0.25) is 0 Å². The van der Waals surface area contributed by atoms with Crippen LogP contribution in [0, 0.1) is 0 Å². The minimum absolute atomic E-state index is 0.124. The number of rotatable bonds is 3. The lowest BCUT2D eigenvalue weighted by atomic mass is 10.0. The van der Waals surface area contributed by atoms with Crippen molar-refractivity contribution < 1.29 is 0 Å². The highest BCUT2D eigenvalue weighted by atomic mass is 32.1. The van der Waals surface area contributed by atoms with Crippen LogP contribution in [0.25, 0.3) is 0 Å². The minimum Gasteiger partial charge on any atom is -0.325 e. The van der Waals surface area contributed by atoms with Crippen molar-refractivity contribution in [2.45, 2.75) is 45.6 Å². The molecule has 0 aromatic carbocycles. The Kier molecular flexibility index (Phi) is 3.09. The van der Waals surface area contributed by atoms with Crippen LogP contribution < -0.4 is 5.73 Å². The summed E-state index contributed by atoms with van der Waals surface area (Å²) < 4.78 is 0. The smallest absolute Gasteiger partial charge is 0.0953 e. The molecule has 0 saturated heterocycles. The Hall–Kier alpha value is -0.410. The maximum absolute atomic E-state index is 5.93. The summed E-state index contributed by atoms with van der Waals surface area (Å²) in [6, 6.07) is 0. The number of hydrogen-bond acceptors (Lipinski definition) is 3. The van der Waals surface area contributed by atoms with E-state index in [0.29, 0.717) is 5.92 Å². The normalized spacial score (nSPS) is 12.5. The van der Waals surface area contributed by atoms with Crippen molar-refractivity contribution in [1.82, 2.24) is 4.98 Å². The number of hydrogen-bond donors (Lipinski definition) is 1. The van der Waals surface area contributed by atoms with E-state index in [4.69, 9.17) is 5.73 Å². The average molecular weight is 198 g/mol. The molecule has 0 unspecified atom stereocenters. The highest BCUT2D eigenvalue weighted by Crippen LogP contribution is 2.23. The average Bonchev–Trinajstić information content (AvgIpc) is 2.31. The molecule has 0 aliphatic carbocycles. The zero-order chi connectivity index (χ0) is 10.1. The van der Waals surface area contributed by atoms with Crippen molar-refractivity contribution in [3.05, 3.63) is 16.1 Å². The molecule has 1 aromatic rings. The molecule has 0 aliphatic heterocycles. The first kappa shape index (κ1) is 10.7. The molecule has 0 spiro atoms. The second-order valence-electron chi connectivity index (χ2n) is 4.48. The van der Waals surface area contributed by atoms with Crippen molar-refractivity contribution >= 4 is 11.3 Å². The van der Waals surface area contributed by atoms with Crippen molar-refractivity contribution in [2.75, 3.05) is 0 Å². The van der Waals surface area contributed by atoms with Crippen LogP contribution in [0.15, 0.2) is 6.20 Å². The first-order chi connectivity index (χ1) is 5.88. The molecule has 74 valence electrons. The summed E-state index contributed by atoms with van der Waals surface area (Å²) >= 11 is 1.78. The molecule has 1 aromatic heterocycles. The zero-order valence-electron chi connectivity index (χ0n) is 8.79. The third-order valence-electron chi connectivity index (χ3n) is 1.70. The second kappa shape index (κ2) is 3.76. The van der Waals surface area contributed by atoms with Crippen LogP contribution >= 0.6 is 11.3 Å². The van der Waals surface area contributed by atoms with Gasteiger partial charge in [0, 0.05) is 29.0 Å². The van der Waals surface area contributed by atoms with Crippen LogP contribution in [-0.4, -0.2) is 10.5 Å².